The van der Waals surface area contributed by atoms with Crippen molar-refractivity contribution < 1.29 is 21.6 Å². The number of benzene rings is 2. The monoisotopic (exact) mass is 301 g/mol. The number of rotatable bonds is 2. The van der Waals surface area contributed by atoms with Crippen molar-refractivity contribution in [2.45, 2.75) is 11.1 Å². The second kappa shape index (κ2) is 4.92. The summed E-state index contributed by atoms with van der Waals surface area (Å²) in [6, 6.07) is 10.0. The van der Waals surface area contributed by atoms with Crippen LogP contribution in [-0.2, 0) is 16.2 Å². The average Bonchev–Trinajstić information content (AvgIpc) is 2.37. The standard InChI is InChI=1S/C13H10F3NO2S/c14-13(15,16)12-4-2-1-3-11(12)9-5-7-10(8-6-9)20(17,18)19/h1-8H,(H2,17,18,19). The van der Waals surface area contributed by atoms with E-state index in [9.17, 15) is 21.6 Å². The molecule has 0 aromatic heterocycles. The van der Waals surface area contributed by atoms with Crippen molar-refractivity contribution in [2.75, 3.05) is 0 Å². The zero-order valence-corrected chi connectivity index (χ0v) is 10.9. The minimum atomic E-state index is -4.48. The molecule has 2 aromatic rings. The first-order valence-electron chi connectivity index (χ1n) is 5.49. The maximum Gasteiger partial charge on any atom is 0.417 e. The first-order valence-corrected chi connectivity index (χ1v) is 7.04. The van der Waals surface area contributed by atoms with Crippen LogP contribution in [0.15, 0.2) is 53.4 Å². The topological polar surface area (TPSA) is 60.2 Å². The van der Waals surface area contributed by atoms with Gasteiger partial charge in [0.15, 0.2) is 0 Å². The van der Waals surface area contributed by atoms with E-state index in [-0.39, 0.29) is 16.0 Å². The second-order valence-corrected chi connectivity index (χ2v) is 5.67. The van der Waals surface area contributed by atoms with Crippen LogP contribution in [0.4, 0.5) is 13.2 Å². The lowest BCUT2D eigenvalue weighted by molar-refractivity contribution is -0.137. The molecular weight excluding hydrogens is 291 g/mol. The van der Waals surface area contributed by atoms with Crippen LogP contribution in [0, 0.1) is 0 Å². The number of hydrogen-bond acceptors (Lipinski definition) is 2. The predicted molar refractivity (Wildman–Crippen MR) is 68.3 cm³/mol. The zero-order chi connectivity index (χ0) is 15.0. The smallest absolute Gasteiger partial charge is 0.225 e. The molecule has 20 heavy (non-hydrogen) atoms. The molecule has 0 radical (unpaired) electrons. The van der Waals surface area contributed by atoms with Gasteiger partial charge in [0.25, 0.3) is 0 Å². The third-order valence-electron chi connectivity index (χ3n) is 2.73. The number of sulfonamides is 1. The van der Waals surface area contributed by atoms with Crippen molar-refractivity contribution in [3.05, 3.63) is 54.1 Å². The van der Waals surface area contributed by atoms with Gasteiger partial charge in [-0.1, -0.05) is 30.3 Å². The van der Waals surface area contributed by atoms with E-state index in [4.69, 9.17) is 5.14 Å². The lowest BCUT2D eigenvalue weighted by atomic mass is 9.99. The van der Waals surface area contributed by atoms with E-state index < -0.39 is 21.8 Å². The van der Waals surface area contributed by atoms with E-state index in [0.29, 0.717) is 0 Å². The van der Waals surface area contributed by atoms with Gasteiger partial charge in [0, 0.05) is 0 Å². The highest BCUT2D eigenvalue weighted by molar-refractivity contribution is 7.89. The highest BCUT2D eigenvalue weighted by Crippen LogP contribution is 2.36. The lowest BCUT2D eigenvalue weighted by Gasteiger charge is -2.12. The predicted octanol–water partition coefficient (Wildman–Crippen LogP) is 3.02. The average molecular weight is 301 g/mol. The molecule has 0 spiro atoms. The van der Waals surface area contributed by atoms with Gasteiger partial charge in [-0.2, -0.15) is 13.2 Å². The Morgan fingerprint density at radius 2 is 1.45 bits per heavy atom. The Bertz CT molecular complexity index is 722. The van der Waals surface area contributed by atoms with Crippen LogP contribution in [0.1, 0.15) is 5.56 Å². The molecule has 0 bridgehead atoms. The molecule has 0 amide bonds. The van der Waals surface area contributed by atoms with Crippen LogP contribution in [0.2, 0.25) is 0 Å². The Hall–Kier alpha value is -1.86. The summed E-state index contributed by atoms with van der Waals surface area (Å²) in [5, 5.41) is 4.94. The third kappa shape index (κ3) is 3.00. The van der Waals surface area contributed by atoms with Crippen LogP contribution >= 0.6 is 0 Å². The van der Waals surface area contributed by atoms with Gasteiger partial charge in [-0.05, 0) is 29.3 Å². The van der Waals surface area contributed by atoms with Gasteiger partial charge >= 0.3 is 6.18 Å². The number of alkyl halides is 3. The van der Waals surface area contributed by atoms with Gasteiger partial charge in [-0.25, -0.2) is 13.6 Å². The maximum absolute atomic E-state index is 12.9. The summed E-state index contributed by atoms with van der Waals surface area (Å²) in [6.45, 7) is 0. The van der Waals surface area contributed by atoms with Crippen molar-refractivity contribution in [3.63, 3.8) is 0 Å². The van der Waals surface area contributed by atoms with Crippen LogP contribution < -0.4 is 5.14 Å². The summed E-state index contributed by atoms with van der Waals surface area (Å²) in [6.07, 6.45) is -4.48. The van der Waals surface area contributed by atoms with E-state index in [2.05, 4.69) is 0 Å². The molecule has 0 heterocycles. The lowest BCUT2D eigenvalue weighted by Crippen LogP contribution is -2.12. The summed E-state index contributed by atoms with van der Waals surface area (Å²) in [5.41, 5.74) is -0.519. The Kier molecular flexibility index (Phi) is 3.58. The highest BCUT2D eigenvalue weighted by atomic mass is 32.2. The normalized spacial score (nSPS) is 12.4. The van der Waals surface area contributed by atoms with Gasteiger partial charge in [-0.3, -0.25) is 0 Å². The Balaban J connectivity index is 2.53. The molecule has 0 atom stereocenters. The molecule has 106 valence electrons. The Morgan fingerprint density at radius 1 is 0.900 bits per heavy atom. The molecule has 0 aliphatic heterocycles. The Labute approximate surface area is 113 Å². The van der Waals surface area contributed by atoms with Crippen molar-refractivity contribution >= 4 is 10.0 Å². The summed E-state index contributed by atoms with van der Waals surface area (Å²) in [7, 11) is -3.86. The third-order valence-corrected chi connectivity index (χ3v) is 3.66. The summed E-state index contributed by atoms with van der Waals surface area (Å²) in [4.78, 5) is -0.147. The first kappa shape index (κ1) is 14.5. The molecule has 0 saturated carbocycles. The number of nitrogens with two attached hydrogens (primary N) is 1. The maximum atomic E-state index is 12.9. The fraction of sp³-hybridized carbons (Fsp3) is 0.0769. The number of hydrogen-bond donors (Lipinski definition) is 1. The minimum Gasteiger partial charge on any atom is -0.225 e. The highest BCUT2D eigenvalue weighted by Gasteiger charge is 2.33. The largest absolute Gasteiger partial charge is 0.417 e. The zero-order valence-electron chi connectivity index (χ0n) is 10.1. The molecule has 0 aliphatic rings. The van der Waals surface area contributed by atoms with Crippen LogP contribution in [-0.4, -0.2) is 8.42 Å². The van der Waals surface area contributed by atoms with Gasteiger partial charge in [0.1, 0.15) is 0 Å². The first-order chi connectivity index (χ1) is 9.19. The molecule has 0 saturated heterocycles. The quantitative estimate of drug-likeness (QED) is 0.927. The minimum absolute atomic E-state index is 0.0130. The van der Waals surface area contributed by atoms with E-state index >= 15 is 0 Å². The molecule has 0 fully saturated rings. The van der Waals surface area contributed by atoms with Gasteiger partial charge < -0.3 is 0 Å². The van der Waals surface area contributed by atoms with E-state index in [1.54, 1.807) is 0 Å². The van der Waals surface area contributed by atoms with Gasteiger partial charge in [0.05, 0.1) is 10.5 Å². The van der Waals surface area contributed by atoms with Crippen molar-refractivity contribution in [2.24, 2.45) is 5.14 Å². The second-order valence-electron chi connectivity index (χ2n) is 4.11. The number of halogens is 3. The van der Waals surface area contributed by atoms with Crippen LogP contribution in [0.5, 0.6) is 0 Å². The van der Waals surface area contributed by atoms with E-state index in [1.807, 2.05) is 0 Å². The van der Waals surface area contributed by atoms with Gasteiger partial charge in [0.2, 0.25) is 10.0 Å². The molecule has 0 unspecified atom stereocenters. The molecule has 2 rings (SSSR count). The van der Waals surface area contributed by atoms with Crippen molar-refractivity contribution in [1.29, 1.82) is 0 Å². The molecule has 0 aliphatic carbocycles. The Morgan fingerprint density at radius 3 is 1.95 bits per heavy atom. The summed E-state index contributed by atoms with van der Waals surface area (Å²) < 4.78 is 60.9. The number of primary sulfonamides is 1. The van der Waals surface area contributed by atoms with E-state index in [0.717, 1.165) is 6.07 Å². The van der Waals surface area contributed by atoms with Crippen LogP contribution in [0.3, 0.4) is 0 Å². The molecule has 3 nitrogen and oxygen atoms in total. The molecular formula is C13H10F3NO2S. The summed E-state index contributed by atoms with van der Waals surface area (Å²) >= 11 is 0. The molecule has 7 heteroatoms. The van der Waals surface area contributed by atoms with Crippen LogP contribution in [0.25, 0.3) is 11.1 Å². The molecule has 2 N–H and O–H groups in total. The SMILES string of the molecule is NS(=O)(=O)c1ccc(-c2ccccc2C(F)(F)F)cc1. The summed E-state index contributed by atoms with van der Waals surface area (Å²) in [5.74, 6) is 0. The fourth-order valence-corrected chi connectivity index (χ4v) is 2.32. The van der Waals surface area contributed by atoms with Gasteiger partial charge in [-0.15, -0.1) is 0 Å². The van der Waals surface area contributed by atoms with Crippen molar-refractivity contribution in [3.8, 4) is 11.1 Å². The van der Waals surface area contributed by atoms with E-state index in [1.165, 1.54) is 42.5 Å². The van der Waals surface area contributed by atoms with Crippen molar-refractivity contribution in [1.82, 2.24) is 0 Å². The fourth-order valence-electron chi connectivity index (χ4n) is 1.81. The molecule has 2 aromatic carbocycles.